The molecule has 0 atom stereocenters. The summed E-state index contributed by atoms with van der Waals surface area (Å²) in [6.45, 7) is 2.39. The summed E-state index contributed by atoms with van der Waals surface area (Å²) in [4.78, 5) is 2.71. The largest absolute Gasteiger partial charge is 0.381 e. The van der Waals surface area contributed by atoms with Crippen LogP contribution >= 0.6 is 11.8 Å². The van der Waals surface area contributed by atoms with Gasteiger partial charge in [-0.25, -0.2) is 0 Å². The summed E-state index contributed by atoms with van der Waals surface area (Å²) in [7, 11) is 0. The van der Waals surface area contributed by atoms with E-state index >= 15 is 0 Å². The summed E-state index contributed by atoms with van der Waals surface area (Å²) < 4.78 is 5.23. The third-order valence-electron chi connectivity index (χ3n) is 1.78. The van der Waals surface area contributed by atoms with Gasteiger partial charge in [0.1, 0.15) is 0 Å². The van der Waals surface area contributed by atoms with Crippen LogP contribution in [0.4, 0.5) is 0 Å². The van der Waals surface area contributed by atoms with E-state index in [0.717, 1.165) is 31.8 Å². The summed E-state index contributed by atoms with van der Waals surface area (Å²) in [5, 5.41) is 4.20. The summed E-state index contributed by atoms with van der Waals surface area (Å²) in [5.41, 5.74) is 8.03. The molecule has 1 rings (SSSR count). The highest BCUT2D eigenvalue weighted by Crippen LogP contribution is 2.21. The Bertz CT molecular complexity index is 164. The first-order valence-corrected chi connectivity index (χ1v) is 5.18. The fourth-order valence-electron chi connectivity index (χ4n) is 1.15. The van der Waals surface area contributed by atoms with E-state index in [1.54, 1.807) is 0 Å². The van der Waals surface area contributed by atoms with Crippen molar-refractivity contribution in [3.05, 3.63) is 10.4 Å². The maximum absolute atomic E-state index is 8.03. The summed E-state index contributed by atoms with van der Waals surface area (Å²) in [6, 6.07) is 0. The van der Waals surface area contributed by atoms with Gasteiger partial charge in [-0.3, -0.25) is 0 Å². The first kappa shape index (κ1) is 9.71. The highest BCUT2D eigenvalue weighted by atomic mass is 32.2. The quantitative estimate of drug-likeness (QED) is 0.293. The molecule has 0 bridgehead atoms. The molecule has 5 heteroatoms. The minimum absolute atomic E-state index is 0.610. The SMILES string of the molecule is [N-]=[N+]=NCCSC1CCOCC1. The van der Waals surface area contributed by atoms with Crippen LogP contribution < -0.4 is 0 Å². The number of hydrogen-bond donors (Lipinski definition) is 0. The molecule has 0 N–H and O–H groups in total. The van der Waals surface area contributed by atoms with E-state index in [1.807, 2.05) is 11.8 Å². The van der Waals surface area contributed by atoms with Gasteiger partial charge in [0.15, 0.2) is 0 Å². The molecule has 0 radical (unpaired) electrons. The van der Waals surface area contributed by atoms with Crippen LogP contribution in [0.15, 0.2) is 5.11 Å². The van der Waals surface area contributed by atoms with E-state index < -0.39 is 0 Å². The average Bonchev–Trinajstić information content (AvgIpc) is 2.14. The summed E-state index contributed by atoms with van der Waals surface area (Å²) in [6.07, 6.45) is 2.28. The molecule has 68 valence electrons. The Morgan fingerprint density at radius 3 is 2.92 bits per heavy atom. The Balaban J connectivity index is 2.01. The van der Waals surface area contributed by atoms with Crippen LogP contribution in [0.2, 0.25) is 0 Å². The minimum Gasteiger partial charge on any atom is -0.381 e. The molecule has 1 aliphatic rings. The second kappa shape index (κ2) is 6.17. The second-order valence-corrected chi connectivity index (χ2v) is 4.05. The third-order valence-corrected chi connectivity index (χ3v) is 3.14. The van der Waals surface area contributed by atoms with Crippen molar-refractivity contribution in [2.75, 3.05) is 25.5 Å². The van der Waals surface area contributed by atoms with E-state index in [-0.39, 0.29) is 0 Å². The van der Waals surface area contributed by atoms with Crippen LogP contribution in [0.25, 0.3) is 10.4 Å². The van der Waals surface area contributed by atoms with Crippen molar-refractivity contribution in [1.82, 2.24) is 0 Å². The fraction of sp³-hybridized carbons (Fsp3) is 1.00. The standard InChI is InChI=1S/C7H13N3OS/c8-10-9-3-6-12-7-1-4-11-5-2-7/h7H,1-6H2. The Kier molecular flexibility index (Phi) is 4.99. The van der Waals surface area contributed by atoms with Crippen molar-refractivity contribution >= 4 is 11.8 Å². The maximum atomic E-state index is 8.03. The van der Waals surface area contributed by atoms with Crippen molar-refractivity contribution < 1.29 is 4.74 Å². The number of azide groups is 1. The van der Waals surface area contributed by atoms with Crippen molar-refractivity contribution in [3.8, 4) is 0 Å². The van der Waals surface area contributed by atoms with Gasteiger partial charge in [0.25, 0.3) is 0 Å². The monoisotopic (exact) mass is 187 g/mol. The lowest BCUT2D eigenvalue weighted by atomic mass is 10.2. The molecule has 0 saturated carbocycles. The molecular weight excluding hydrogens is 174 g/mol. The van der Waals surface area contributed by atoms with Crippen molar-refractivity contribution in [2.24, 2.45) is 5.11 Å². The molecule has 1 saturated heterocycles. The molecule has 0 aromatic carbocycles. The van der Waals surface area contributed by atoms with Crippen molar-refractivity contribution in [3.63, 3.8) is 0 Å². The number of ether oxygens (including phenoxy) is 1. The minimum atomic E-state index is 0.610. The highest BCUT2D eigenvalue weighted by molar-refractivity contribution is 7.99. The third kappa shape index (κ3) is 3.85. The van der Waals surface area contributed by atoms with E-state index in [0.29, 0.717) is 11.8 Å². The molecular formula is C7H13N3OS. The van der Waals surface area contributed by atoms with Gasteiger partial charge in [0.05, 0.1) is 0 Å². The Morgan fingerprint density at radius 1 is 1.50 bits per heavy atom. The molecule has 0 unspecified atom stereocenters. The summed E-state index contributed by atoms with van der Waals surface area (Å²) in [5.74, 6) is 0.939. The van der Waals surface area contributed by atoms with Crippen LogP contribution in [0.5, 0.6) is 0 Å². The zero-order valence-corrected chi connectivity index (χ0v) is 7.79. The second-order valence-electron chi connectivity index (χ2n) is 2.64. The molecule has 0 aromatic heterocycles. The number of rotatable bonds is 4. The topological polar surface area (TPSA) is 58.0 Å². The van der Waals surface area contributed by atoms with E-state index in [2.05, 4.69) is 10.0 Å². The molecule has 0 amide bonds. The van der Waals surface area contributed by atoms with Gasteiger partial charge in [-0.05, 0) is 24.1 Å². The van der Waals surface area contributed by atoms with Gasteiger partial charge >= 0.3 is 0 Å². The Hall–Kier alpha value is -0.380. The van der Waals surface area contributed by atoms with E-state index in [4.69, 9.17) is 10.3 Å². The van der Waals surface area contributed by atoms with Gasteiger partial charge in [-0.15, -0.1) is 0 Å². The molecule has 12 heavy (non-hydrogen) atoms. The zero-order chi connectivity index (χ0) is 8.65. The van der Waals surface area contributed by atoms with E-state index in [1.165, 1.54) is 0 Å². The van der Waals surface area contributed by atoms with Crippen LogP contribution in [0.1, 0.15) is 12.8 Å². The molecule has 4 nitrogen and oxygen atoms in total. The number of thioether (sulfide) groups is 1. The average molecular weight is 187 g/mol. The molecule has 0 spiro atoms. The molecule has 0 aromatic rings. The van der Waals surface area contributed by atoms with Gasteiger partial charge in [-0.2, -0.15) is 11.8 Å². The lowest BCUT2D eigenvalue weighted by molar-refractivity contribution is 0.100. The van der Waals surface area contributed by atoms with Crippen LogP contribution in [-0.4, -0.2) is 30.8 Å². The van der Waals surface area contributed by atoms with Gasteiger partial charge in [0, 0.05) is 29.9 Å². The normalized spacial score (nSPS) is 18.7. The molecule has 1 aliphatic heterocycles. The van der Waals surface area contributed by atoms with Gasteiger partial charge < -0.3 is 4.74 Å². The van der Waals surface area contributed by atoms with Gasteiger partial charge in [0.2, 0.25) is 0 Å². The maximum Gasteiger partial charge on any atom is 0.0476 e. The first-order chi connectivity index (χ1) is 5.93. The van der Waals surface area contributed by atoms with Crippen molar-refractivity contribution in [1.29, 1.82) is 0 Å². The van der Waals surface area contributed by atoms with E-state index in [9.17, 15) is 0 Å². The number of hydrogen-bond acceptors (Lipinski definition) is 3. The van der Waals surface area contributed by atoms with Gasteiger partial charge in [-0.1, -0.05) is 5.11 Å². The van der Waals surface area contributed by atoms with Crippen LogP contribution in [0, 0.1) is 0 Å². The lowest BCUT2D eigenvalue weighted by Crippen LogP contribution is -2.18. The fourth-order valence-corrected chi connectivity index (χ4v) is 2.19. The smallest absolute Gasteiger partial charge is 0.0476 e. The predicted octanol–water partition coefficient (Wildman–Crippen LogP) is 2.21. The highest BCUT2D eigenvalue weighted by Gasteiger charge is 2.12. The number of nitrogens with zero attached hydrogens (tertiary/aromatic N) is 3. The molecule has 1 fully saturated rings. The van der Waals surface area contributed by atoms with Crippen LogP contribution in [0.3, 0.4) is 0 Å². The van der Waals surface area contributed by atoms with Crippen LogP contribution in [-0.2, 0) is 4.74 Å². The molecule has 1 heterocycles. The molecule has 0 aliphatic carbocycles. The Labute approximate surface area is 76.3 Å². The van der Waals surface area contributed by atoms with Crippen molar-refractivity contribution in [2.45, 2.75) is 18.1 Å². The zero-order valence-electron chi connectivity index (χ0n) is 6.98. The Morgan fingerprint density at radius 2 is 2.25 bits per heavy atom. The summed E-state index contributed by atoms with van der Waals surface area (Å²) >= 11 is 1.89. The first-order valence-electron chi connectivity index (χ1n) is 4.13. The lowest BCUT2D eigenvalue weighted by Gasteiger charge is -2.20. The predicted molar refractivity (Wildman–Crippen MR) is 50.3 cm³/mol.